The predicted octanol–water partition coefficient (Wildman–Crippen LogP) is 6.34. The molecule has 0 aliphatic heterocycles. The third kappa shape index (κ3) is 8.38. The number of carbonyl (C=O) groups is 2. The topological polar surface area (TPSA) is 58.6 Å². The molecule has 0 fully saturated rings. The lowest BCUT2D eigenvalue weighted by Gasteiger charge is -2.34. The third-order valence-electron chi connectivity index (χ3n) is 5.45. The van der Waals surface area contributed by atoms with Gasteiger partial charge < -0.3 is 15.0 Å². The summed E-state index contributed by atoms with van der Waals surface area (Å²) in [5.41, 5.74) is 2.53. The van der Waals surface area contributed by atoms with Crippen molar-refractivity contribution in [3.05, 3.63) is 99.0 Å². The summed E-state index contributed by atoms with van der Waals surface area (Å²) in [6, 6.07) is 22.1. The fourth-order valence-corrected chi connectivity index (χ4v) is 4.56. The highest BCUT2D eigenvalue weighted by molar-refractivity contribution is 9.10. The number of hydrogen-bond donors (Lipinski definition) is 1. The number of carbonyl (C=O) groups excluding carboxylic acids is 2. The SMILES string of the molecule is Cc1cccc(CN(C(=O)COc2ccc(Br)cc2Cl)[C@H](Cc2ccccc2)C(=O)NC(C)(C)C)c1. The second-order valence-corrected chi connectivity index (χ2v) is 11.1. The Bertz CT molecular complexity index is 1190. The highest BCUT2D eigenvalue weighted by atomic mass is 79.9. The molecular formula is C29H32BrClN2O3. The van der Waals surface area contributed by atoms with Crippen LogP contribution in [0.2, 0.25) is 5.02 Å². The Kier molecular flexibility index (Phi) is 9.57. The van der Waals surface area contributed by atoms with Gasteiger partial charge in [0.15, 0.2) is 6.61 Å². The van der Waals surface area contributed by atoms with Gasteiger partial charge in [0.05, 0.1) is 5.02 Å². The molecule has 0 radical (unpaired) electrons. The van der Waals surface area contributed by atoms with Gasteiger partial charge in [-0.1, -0.05) is 87.7 Å². The van der Waals surface area contributed by atoms with Gasteiger partial charge in [-0.3, -0.25) is 9.59 Å². The molecule has 3 aromatic rings. The number of aryl methyl sites for hydroxylation is 1. The Morgan fingerprint density at radius 2 is 1.69 bits per heavy atom. The van der Waals surface area contributed by atoms with Gasteiger partial charge in [-0.15, -0.1) is 0 Å². The van der Waals surface area contributed by atoms with Crippen LogP contribution in [0.5, 0.6) is 5.75 Å². The van der Waals surface area contributed by atoms with Gasteiger partial charge in [0.2, 0.25) is 5.91 Å². The first kappa shape index (κ1) is 27.8. The van der Waals surface area contributed by atoms with Crippen molar-refractivity contribution in [2.45, 2.75) is 52.2 Å². The van der Waals surface area contributed by atoms with Crippen molar-refractivity contribution in [1.29, 1.82) is 0 Å². The first-order valence-electron chi connectivity index (χ1n) is 11.8. The molecule has 0 heterocycles. The normalized spacial score (nSPS) is 12.1. The number of amides is 2. The Hall–Kier alpha value is -2.83. The van der Waals surface area contributed by atoms with Crippen molar-refractivity contribution < 1.29 is 14.3 Å². The molecule has 3 rings (SSSR count). The molecule has 7 heteroatoms. The molecule has 3 aromatic carbocycles. The number of nitrogens with zero attached hydrogens (tertiary/aromatic N) is 1. The zero-order valence-electron chi connectivity index (χ0n) is 21.1. The molecule has 0 spiro atoms. The zero-order chi connectivity index (χ0) is 26.3. The standard InChI is InChI=1S/C29H32BrClN2O3/c1-20-9-8-12-22(15-20)18-33(27(34)19-36-26-14-13-23(30)17-24(26)31)25(28(35)32-29(2,3)4)16-21-10-6-5-7-11-21/h5-15,17,25H,16,18-19H2,1-4H3,(H,32,35)/t25-/m1/s1. The van der Waals surface area contributed by atoms with Crippen molar-refractivity contribution in [3.8, 4) is 5.75 Å². The summed E-state index contributed by atoms with van der Waals surface area (Å²) < 4.78 is 6.62. The number of nitrogens with one attached hydrogen (secondary N) is 1. The van der Waals surface area contributed by atoms with Gasteiger partial charge in [-0.05, 0) is 57.0 Å². The number of rotatable bonds is 9. The quantitative estimate of drug-likeness (QED) is 0.326. The van der Waals surface area contributed by atoms with Gasteiger partial charge in [0, 0.05) is 23.0 Å². The lowest BCUT2D eigenvalue weighted by atomic mass is 10.0. The summed E-state index contributed by atoms with van der Waals surface area (Å²) in [5.74, 6) is -0.114. The van der Waals surface area contributed by atoms with Crippen LogP contribution in [0.4, 0.5) is 0 Å². The van der Waals surface area contributed by atoms with Crippen molar-refractivity contribution in [3.63, 3.8) is 0 Å². The van der Waals surface area contributed by atoms with E-state index >= 15 is 0 Å². The molecule has 5 nitrogen and oxygen atoms in total. The Labute approximate surface area is 226 Å². The van der Waals surface area contributed by atoms with Crippen LogP contribution in [-0.2, 0) is 22.6 Å². The molecule has 36 heavy (non-hydrogen) atoms. The first-order valence-corrected chi connectivity index (χ1v) is 13.0. The van der Waals surface area contributed by atoms with Crippen molar-refractivity contribution in [2.75, 3.05) is 6.61 Å². The third-order valence-corrected chi connectivity index (χ3v) is 6.24. The summed E-state index contributed by atoms with van der Waals surface area (Å²) in [7, 11) is 0. The fourth-order valence-electron chi connectivity index (χ4n) is 3.83. The Morgan fingerprint density at radius 3 is 2.33 bits per heavy atom. The van der Waals surface area contributed by atoms with Crippen LogP contribution in [0, 0.1) is 6.92 Å². The molecule has 0 aromatic heterocycles. The molecule has 2 amide bonds. The van der Waals surface area contributed by atoms with Crippen molar-refractivity contribution in [2.24, 2.45) is 0 Å². The molecule has 0 saturated heterocycles. The van der Waals surface area contributed by atoms with E-state index in [9.17, 15) is 9.59 Å². The van der Waals surface area contributed by atoms with Gasteiger partial charge >= 0.3 is 0 Å². The van der Waals surface area contributed by atoms with E-state index in [4.69, 9.17) is 16.3 Å². The van der Waals surface area contributed by atoms with Crippen LogP contribution in [0.1, 0.15) is 37.5 Å². The number of hydrogen-bond acceptors (Lipinski definition) is 3. The van der Waals surface area contributed by atoms with Crippen LogP contribution < -0.4 is 10.1 Å². The maximum absolute atomic E-state index is 13.7. The number of halogens is 2. The van der Waals surface area contributed by atoms with Crippen LogP contribution in [0.25, 0.3) is 0 Å². The monoisotopic (exact) mass is 570 g/mol. The maximum atomic E-state index is 13.7. The summed E-state index contributed by atoms with van der Waals surface area (Å²) in [6.07, 6.45) is 0.374. The lowest BCUT2D eigenvalue weighted by Crippen LogP contribution is -2.55. The summed E-state index contributed by atoms with van der Waals surface area (Å²) >= 11 is 9.66. The molecular weight excluding hydrogens is 540 g/mol. The maximum Gasteiger partial charge on any atom is 0.261 e. The zero-order valence-corrected chi connectivity index (χ0v) is 23.4. The van der Waals surface area contributed by atoms with Gasteiger partial charge in [-0.2, -0.15) is 0 Å². The minimum Gasteiger partial charge on any atom is -0.482 e. The second-order valence-electron chi connectivity index (χ2n) is 9.82. The predicted molar refractivity (Wildman–Crippen MR) is 148 cm³/mol. The van der Waals surface area contributed by atoms with Crippen LogP contribution in [-0.4, -0.2) is 34.9 Å². The molecule has 190 valence electrons. The smallest absolute Gasteiger partial charge is 0.261 e. The van der Waals surface area contributed by atoms with E-state index < -0.39 is 11.6 Å². The van der Waals surface area contributed by atoms with E-state index in [-0.39, 0.29) is 25.0 Å². The highest BCUT2D eigenvalue weighted by Gasteiger charge is 2.32. The van der Waals surface area contributed by atoms with E-state index in [1.54, 1.807) is 23.1 Å². The molecule has 0 bridgehead atoms. The first-order chi connectivity index (χ1) is 17.0. The highest BCUT2D eigenvalue weighted by Crippen LogP contribution is 2.28. The average Bonchev–Trinajstić information content (AvgIpc) is 2.80. The minimum absolute atomic E-state index is 0.214. The van der Waals surface area contributed by atoms with Crippen molar-refractivity contribution >= 4 is 39.3 Å². The van der Waals surface area contributed by atoms with Crippen LogP contribution in [0.15, 0.2) is 77.3 Å². The molecule has 0 aliphatic rings. The van der Waals surface area contributed by atoms with E-state index in [1.807, 2.05) is 82.3 Å². The average molecular weight is 572 g/mol. The molecule has 1 atom stereocenters. The summed E-state index contributed by atoms with van der Waals surface area (Å²) in [4.78, 5) is 28.8. The van der Waals surface area contributed by atoms with Crippen molar-refractivity contribution in [1.82, 2.24) is 10.2 Å². The second kappa shape index (κ2) is 12.4. The van der Waals surface area contributed by atoms with Crippen LogP contribution in [0.3, 0.4) is 0 Å². The summed E-state index contributed by atoms with van der Waals surface area (Å²) in [6.45, 7) is 7.80. The molecule has 0 aliphatic carbocycles. The van der Waals surface area contributed by atoms with E-state index in [0.717, 1.165) is 21.2 Å². The Balaban J connectivity index is 1.94. The largest absolute Gasteiger partial charge is 0.482 e. The lowest BCUT2D eigenvalue weighted by molar-refractivity contribution is -0.143. The number of benzene rings is 3. The molecule has 1 N–H and O–H groups in total. The number of ether oxygens (including phenoxy) is 1. The summed E-state index contributed by atoms with van der Waals surface area (Å²) in [5, 5.41) is 3.46. The minimum atomic E-state index is -0.733. The molecule has 0 saturated carbocycles. The van der Waals surface area contributed by atoms with Gasteiger partial charge in [0.25, 0.3) is 5.91 Å². The fraction of sp³-hybridized carbons (Fsp3) is 0.310. The van der Waals surface area contributed by atoms with E-state index in [1.165, 1.54) is 0 Å². The van der Waals surface area contributed by atoms with E-state index in [2.05, 4.69) is 21.2 Å². The van der Waals surface area contributed by atoms with Crippen LogP contribution >= 0.6 is 27.5 Å². The van der Waals surface area contributed by atoms with Gasteiger partial charge in [-0.25, -0.2) is 0 Å². The van der Waals surface area contributed by atoms with Gasteiger partial charge in [0.1, 0.15) is 11.8 Å². The van der Waals surface area contributed by atoms with E-state index in [0.29, 0.717) is 17.2 Å². The Morgan fingerprint density at radius 1 is 1.00 bits per heavy atom. The molecule has 0 unspecified atom stereocenters.